The normalized spacial score (nSPS) is 14.9. The zero-order chi connectivity index (χ0) is 29.8. The van der Waals surface area contributed by atoms with Crippen LogP contribution in [0.4, 0.5) is 0 Å². The fourth-order valence-electron chi connectivity index (χ4n) is 4.15. The number of para-hydroxylation sites is 1. The van der Waals surface area contributed by atoms with Crippen LogP contribution in [0, 0.1) is 5.92 Å². The van der Waals surface area contributed by atoms with Crippen LogP contribution < -0.4 is 27.4 Å². The van der Waals surface area contributed by atoms with Crippen molar-refractivity contribution in [2.45, 2.75) is 70.1 Å². The summed E-state index contributed by atoms with van der Waals surface area (Å²) < 4.78 is 0. The molecule has 40 heavy (non-hydrogen) atoms. The molecule has 13 heteroatoms. The molecule has 4 amide bonds. The van der Waals surface area contributed by atoms with E-state index in [9.17, 15) is 29.1 Å². The summed E-state index contributed by atoms with van der Waals surface area (Å²) in [6, 6.07) is 3.15. The van der Waals surface area contributed by atoms with E-state index in [1.165, 1.54) is 11.8 Å². The Hall–Kier alpha value is -3.58. The molecule has 1 heterocycles. The van der Waals surface area contributed by atoms with Crippen LogP contribution in [0.3, 0.4) is 0 Å². The number of rotatable bonds is 17. The van der Waals surface area contributed by atoms with Gasteiger partial charge < -0.3 is 37.5 Å². The summed E-state index contributed by atoms with van der Waals surface area (Å²) in [4.78, 5) is 65.6. The van der Waals surface area contributed by atoms with Crippen molar-refractivity contribution in [3.8, 4) is 0 Å². The van der Waals surface area contributed by atoms with Gasteiger partial charge in [0.1, 0.15) is 18.1 Å². The Morgan fingerprint density at radius 3 is 2.27 bits per heavy atom. The van der Waals surface area contributed by atoms with Crippen LogP contribution in [0.1, 0.15) is 45.1 Å². The van der Waals surface area contributed by atoms with E-state index in [4.69, 9.17) is 11.5 Å². The minimum absolute atomic E-state index is 0.00748. The van der Waals surface area contributed by atoms with Gasteiger partial charge in [0, 0.05) is 29.9 Å². The van der Waals surface area contributed by atoms with Gasteiger partial charge in [0.05, 0.1) is 6.04 Å². The third-order valence-electron chi connectivity index (χ3n) is 6.79. The molecule has 2 aromatic rings. The average molecular weight is 577 g/mol. The van der Waals surface area contributed by atoms with Crippen LogP contribution in [0.15, 0.2) is 30.5 Å². The van der Waals surface area contributed by atoms with E-state index in [-0.39, 0.29) is 31.6 Å². The van der Waals surface area contributed by atoms with Crippen molar-refractivity contribution < 1.29 is 29.1 Å². The summed E-state index contributed by atoms with van der Waals surface area (Å²) >= 11 is 1.47. The van der Waals surface area contributed by atoms with Gasteiger partial charge in [-0.25, -0.2) is 4.79 Å². The second kappa shape index (κ2) is 15.9. The first-order valence-electron chi connectivity index (χ1n) is 13.2. The molecule has 1 aromatic heterocycles. The number of aliphatic carboxylic acids is 1. The molecular formula is C27H40N6O6S. The molecular weight excluding hydrogens is 536 g/mol. The number of nitrogens with two attached hydrogens (primary N) is 2. The second-order valence-corrected chi connectivity index (χ2v) is 10.8. The molecule has 2 rings (SSSR count). The minimum Gasteiger partial charge on any atom is -0.480 e. The third-order valence-corrected chi connectivity index (χ3v) is 7.43. The van der Waals surface area contributed by atoms with E-state index in [2.05, 4.69) is 20.9 Å². The predicted molar refractivity (Wildman–Crippen MR) is 154 cm³/mol. The van der Waals surface area contributed by atoms with Crippen LogP contribution >= 0.6 is 11.8 Å². The molecule has 0 bridgehead atoms. The second-order valence-electron chi connectivity index (χ2n) is 9.79. The standard InChI is InChI=1S/C27H40N6O6S/c1-4-15(2)23(27(38)39)33-25(36)20(11-12-40-3)31-26(37)21(32-24(35)18(28)9-10-22(29)34)13-16-14-30-19-8-6-5-7-17(16)19/h5-8,14-15,18,20-21,23,30H,4,9-13,28H2,1-3H3,(H2,29,34)(H,31,37)(H,32,35)(H,33,36)(H,38,39). The number of nitrogens with one attached hydrogen (secondary N) is 4. The average Bonchev–Trinajstić information content (AvgIpc) is 3.33. The zero-order valence-electron chi connectivity index (χ0n) is 23.1. The van der Waals surface area contributed by atoms with Crippen LogP contribution in [-0.2, 0) is 30.4 Å². The summed E-state index contributed by atoms with van der Waals surface area (Å²) in [7, 11) is 0. The van der Waals surface area contributed by atoms with E-state index in [0.29, 0.717) is 12.2 Å². The zero-order valence-corrected chi connectivity index (χ0v) is 23.9. The molecule has 0 radical (unpaired) electrons. The van der Waals surface area contributed by atoms with E-state index < -0.39 is 53.8 Å². The largest absolute Gasteiger partial charge is 0.480 e. The molecule has 0 spiro atoms. The summed E-state index contributed by atoms with van der Waals surface area (Å²) in [6.45, 7) is 3.55. The number of benzene rings is 1. The molecule has 0 saturated carbocycles. The maximum Gasteiger partial charge on any atom is 0.326 e. The van der Waals surface area contributed by atoms with Crippen LogP contribution in [0.25, 0.3) is 10.9 Å². The van der Waals surface area contributed by atoms with Crippen molar-refractivity contribution in [1.82, 2.24) is 20.9 Å². The summed E-state index contributed by atoms with van der Waals surface area (Å²) in [6.07, 6.45) is 4.38. The molecule has 5 unspecified atom stereocenters. The number of aromatic nitrogens is 1. The van der Waals surface area contributed by atoms with Crippen molar-refractivity contribution in [1.29, 1.82) is 0 Å². The Balaban J connectivity index is 2.29. The number of amides is 4. The molecule has 0 saturated heterocycles. The van der Waals surface area contributed by atoms with Gasteiger partial charge in [-0.15, -0.1) is 0 Å². The first-order chi connectivity index (χ1) is 19.0. The number of carbonyl (C=O) groups excluding carboxylic acids is 4. The van der Waals surface area contributed by atoms with E-state index in [1.807, 2.05) is 37.4 Å². The smallest absolute Gasteiger partial charge is 0.326 e. The van der Waals surface area contributed by atoms with E-state index in [1.54, 1.807) is 13.1 Å². The lowest BCUT2D eigenvalue weighted by Gasteiger charge is -2.26. The van der Waals surface area contributed by atoms with Gasteiger partial charge in [0.2, 0.25) is 23.6 Å². The Morgan fingerprint density at radius 2 is 1.65 bits per heavy atom. The fourth-order valence-corrected chi connectivity index (χ4v) is 4.62. The number of H-pyrrole nitrogens is 1. The van der Waals surface area contributed by atoms with Crippen LogP contribution in [0.5, 0.6) is 0 Å². The maximum absolute atomic E-state index is 13.6. The molecule has 0 aliphatic rings. The van der Waals surface area contributed by atoms with Gasteiger partial charge >= 0.3 is 5.97 Å². The highest BCUT2D eigenvalue weighted by Gasteiger charge is 2.32. The number of thioether (sulfide) groups is 1. The van der Waals surface area contributed by atoms with Gasteiger partial charge in [-0.1, -0.05) is 38.5 Å². The Kier molecular flexibility index (Phi) is 12.9. The number of carboxylic acids is 1. The SMILES string of the molecule is CCC(C)C(NC(=O)C(CCSC)NC(=O)C(Cc1c[nH]c2ccccc12)NC(=O)C(N)CCC(N)=O)C(=O)O. The lowest BCUT2D eigenvalue weighted by molar-refractivity contribution is -0.143. The Labute approximate surface area is 237 Å². The number of hydrogen-bond donors (Lipinski definition) is 7. The van der Waals surface area contributed by atoms with Gasteiger partial charge in [0.25, 0.3) is 0 Å². The molecule has 220 valence electrons. The summed E-state index contributed by atoms with van der Waals surface area (Å²) in [5.74, 6) is -3.45. The van der Waals surface area contributed by atoms with E-state index >= 15 is 0 Å². The molecule has 12 nitrogen and oxygen atoms in total. The fraction of sp³-hybridized carbons (Fsp3) is 0.519. The highest BCUT2D eigenvalue weighted by atomic mass is 32.2. The topological polar surface area (TPSA) is 210 Å². The lowest BCUT2D eigenvalue weighted by Crippen LogP contribution is -2.58. The predicted octanol–water partition coefficient (Wildman–Crippen LogP) is 0.641. The quantitative estimate of drug-likeness (QED) is 0.142. The van der Waals surface area contributed by atoms with Gasteiger partial charge in [-0.3, -0.25) is 19.2 Å². The maximum atomic E-state index is 13.6. The molecule has 5 atom stereocenters. The molecule has 9 N–H and O–H groups in total. The highest BCUT2D eigenvalue weighted by Crippen LogP contribution is 2.19. The van der Waals surface area contributed by atoms with Crippen LogP contribution in [0.2, 0.25) is 0 Å². The first-order valence-corrected chi connectivity index (χ1v) is 14.6. The Bertz CT molecular complexity index is 1190. The van der Waals surface area contributed by atoms with Gasteiger partial charge in [-0.2, -0.15) is 11.8 Å². The number of carbonyl (C=O) groups is 5. The number of hydrogen-bond acceptors (Lipinski definition) is 7. The number of aromatic amines is 1. The lowest BCUT2D eigenvalue weighted by atomic mass is 9.98. The van der Waals surface area contributed by atoms with Crippen molar-refractivity contribution in [3.63, 3.8) is 0 Å². The molecule has 0 fully saturated rings. The number of primary amides is 1. The molecule has 0 aliphatic heterocycles. The summed E-state index contributed by atoms with van der Waals surface area (Å²) in [5.41, 5.74) is 12.7. The highest BCUT2D eigenvalue weighted by molar-refractivity contribution is 7.98. The molecule has 1 aromatic carbocycles. The Morgan fingerprint density at radius 1 is 1.00 bits per heavy atom. The monoisotopic (exact) mass is 576 g/mol. The van der Waals surface area contributed by atoms with Crippen molar-refractivity contribution in [3.05, 3.63) is 36.0 Å². The molecule has 0 aliphatic carbocycles. The van der Waals surface area contributed by atoms with Gasteiger partial charge in [0.15, 0.2) is 0 Å². The van der Waals surface area contributed by atoms with Gasteiger partial charge in [-0.05, 0) is 42.4 Å². The van der Waals surface area contributed by atoms with Crippen molar-refractivity contribution in [2.24, 2.45) is 17.4 Å². The van der Waals surface area contributed by atoms with E-state index in [0.717, 1.165) is 16.5 Å². The van der Waals surface area contributed by atoms with Crippen molar-refractivity contribution in [2.75, 3.05) is 12.0 Å². The summed E-state index contributed by atoms with van der Waals surface area (Å²) in [5, 5.41) is 18.4. The van der Waals surface area contributed by atoms with Crippen molar-refractivity contribution >= 4 is 52.3 Å². The third kappa shape index (κ3) is 9.56. The van der Waals surface area contributed by atoms with Crippen LogP contribution in [-0.4, -0.2) is 75.9 Å². The minimum atomic E-state index is -1.16. The first kappa shape index (κ1) is 32.6. The number of carboxylic acid groups (broad SMARTS) is 1. The number of fused-ring (bicyclic) bond motifs is 1.